The van der Waals surface area contributed by atoms with Crippen molar-refractivity contribution in [2.24, 2.45) is 11.7 Å². The highest BCUT2D eigenvalue weighted by molar-refractivity contribution is 5.22. The van der Waals surface area contributed by atoms with E-state index in [1.807, 2.05) is 0 Å². The lowest BCUT2D eigenvalue weighted by Gasteiger charge is -2.38. The fourth-order valence-corrected chi connectivity index (χ4v) is 2.90. The number of piperidine rings is 1. The zero-order valence-corrected chi connectivity index (χ0v) is 12.1. The van der Waals surface area contributed by atoms with Crippen LogP contribution in [-0.2, 0) is 17.9 Å². The summed E-state index contributed by atoms with van der Waals surface area (Å²) in [5.41, 5.74) is 8.51. The summed E-state index contributed by atoms with van der Waals surface area (Å²) in [6, 6.07) is 9.27. The maximum atomic E-state index is 5.91. The number of benzene rings is 1. The van der Waals surface area contributed by atoms with E-state index in [9.17, 15) is 0 Å². The maximum Gasteiger partial charge on any atom is 0.0713 e. The molecule has 19 heavy (non-hydrogen) atoms. The van der Waals surface area contributed by atoms with Crippen molar-refractivity contribution in [3.8, 4) is 0 Å². The van der Waals surface area contributed by atoms with Crippen LogP contribution in [0, 0.1) is 5.92 Å². The quantitative estimate of drug-likeness (QED) is 0.885. The summed E-state index contributed by atoms with van der Waals surface area (Å²) in [6.45, 7) is 5.98. The maximum absolute atomic E-state index is 5.91. The number of hydrogen-bond donors (Lipinski definition) is 1. The molecular weight excluding hydrogens is 236 g/mol. The molecule has 1 aromatic rings. The zero-order chi connectivity index (χ0) is 13.7. The van der Waals surface area contributed by atoms with Crippen LogP contribution < -0.4 is 5.73 Å². The second kappa shape index (κ2) is 7.04. The Hall–Kier alpha value is -0.900. The molecule has 3 heteroatoms. The summed E-state index contributed by atoms with van der Waals surface area (Å²) in [5.74, 6) is 0.814. The van der Waals surface area contributed by atoms with E-state index in [1.54, 1.807) is 7.11 Å². The number of nitrogens with zero attached hydrogens (tertiary/aromatic N) is 1. The Balaban J connectivity index is 1.95. The molecule has 1 aliphatic rings. The Bertz CT molecular complexity index is 377. The molecule has 0 bridgehead atoms. The van der Waals surface area contributed by atoms with Gasteiger partial charge in [0.05, 0.1) is 6.61 Å². The highest BCUT2D eigenvalue weighted by Crippen LogP contribution is 2.23. The van der Waals surface area contributed by atoms with Gasteiger partial charge in [0.25, 0.3) is 0 Å². The summed E-state index contributed by atoms with van der Waals surface area (Å²) in [5, 5.41) is 0. The smallest absolute Gasteiger partial charge is 0.0713 e. The third-order valence-electron chi connectivity index (χ3n) is 4.09. The summed E-state index contributed by atoms with van der Waals surface area (Å²) < 4.78 is 5.14. The predicted molar refractivity (Wildman–Crippen MR) is 78.8 cm³/mol. The summed E-state index contributed by atoms with van der Waals surface area (Å²) >= 11 is 0. The molecule has 2 atom stereocenters. The highest BCUT2D eigenvalue weighted by atomic mass is 16.5. The Morgan fingerprint density at radius 1 is 1.26 bits per heavy atom. The zero-order valence-electron chi connectivity index (χ0n) is 12.1. The van der Waals surface area contributed by atoms with E-state index < -0.39 is 0 Å². The van der Waals surface area contributed by atoms with Gasteiger partial charge in [0.15, 0.2) is 0 Å². The topological polar surface area (TPSA) is 38.5 Å². The number of hydrogen-bond acceptors (Lipinski definition) is 3. The van der Waals surface area contributed by atoms with Crippen LogP contribution in [0.15, 0.2) is 24.3 Å². The average Bonchev–Trinajstić information content (AvgIpc) is 2.43. The molecule has 0 amide bonds. The first-order valence-electron chi connectivity index (χ1n) is 7.23. The lowest BCUT2D eigenvalue weighted by Crippen LogP contribution is -2.45. The molecule has 2 rings (SSSR count). The van der Waals surface area contributed by atoms with E-state index in [0.717, 1.165) is 19.0 Å². The largest absolute Gasteiger partial charge is 0.380 e. The number of methoxy groups -OCH3 is 1. The van der Waals surface area contributed by atoms with E-state index in [2.05, 4.69) is 36.1 Å². The predicted octanol–water partition coefficient (Wildman–Crippen LogP) is 2.39. The fourth-order valence-electron chi connectivity index (χ4n) is 2.90. The first-order chi connectivity index (χ1) is 9.22. The van der Waals surface area contributed by atoms with Crippen molar-refractivity contribution in [1.82, 2.24) is 4.90 Å². The monoisotopic (exact) mass is 262 g/mol. The lowest BCUT2D eigenvalue weighted by molar-refractivity contribution is 0.115. The molecule has 0 saturated carbocycles. The molecule has 0 radical (unpaired) electrons. The average molecular weight is 262 g/mol. The third kappa shape index (κ3) is 4.03. The molecule has 1 heterocycles. The van der Waals surface area contributed by atoms with Gasteiger partial charge in [0, 0.05) is 26.2 Å². The van der Waals surface area contributed by atoms with Crippen LogP contribution in [0.4, 0.5) is 0 Å². The van der Waals surface area contributed by atoms with Crippen LogP contribution >= 0.6 is 0 Å². The molecule has 2 unspecified atom stereocenters. The van der Waals surface area contributed by atoms with Gasteiger partial charge < -0.3 is 10.5 Å². The second-order valence-electron chi connectivity index (χ2n) is 5.74. The van der Waals surface area contributed by atoms with Crippen LogP contribution in [0.5, 0.6) is 0 Å². The van der Waals surface area contributed by atoms with Gasteiger partial charge in [-0.3, -0.25) is 4.90 Å². The van der Waals surface area contributed by atoms with E-state index in [4.69, 9.17) is 10.5 Å². The van der Waals surface area contributed by atoms with Gasteiger partial charge in [0.2, 0.25) is 0 Å². The molecule has 0 spiro atoms. The van der Waals surface area contributed by atoms with E-state index >= 15 is 0 Å². The van der Waals surface area contributed by atoms with Crippen LogP contribution in [0.2, 0.25) is 0 Å². The Kier molecular flexibility index (Phi) is 5.37. The van der Waals surface area contributed by atoms with Gasteiger partial charge in [-0.05, 0) is 36.4 Å². The van der Waals surface area contributed by atoms with Crippen molar-refractivity contribution in [3.05, 3.63) is 35.4 Å². The van der Waals surface area contributed by atoms with Crippen LogP contribution in [0.3, 0.4) is 0 Å². The minimum Gasteiger partial charge on any atom is -0.380 e. The normalized spacial score (nSPS) is 24.6. The standard InChI is InChI=1S/C16H26N2O/c1-13-7-8-18(16(9-13)10-17)11-14-3-5-15(6-4-14)12-19-2/h3-6,13,16H,7-12,17H2,1-2H3. The Morgan fingerprint density at radius 3 is 2.58 bits per heavy atom. The van der Waals surface area contributed by atoms with E-state index in [0.29, 0.717) is 12.6 Å². The summed E-state index contributed by atoms with van der Waals surface area (Å²) in [4.78, 5) is 2.53. The molecule has 2 N–H and O–H groups in total. The lowest BCUT2D eigenvalue weighted by atomic mass is 9.92. The number of ether oxygens (including phenoxy) is 1. The van der Waals surface area contributed by atoms with Gasteiger partial charge in [-0.1, -0.05) is 31.2 Å². The first-order valence-corrected chi connectivity index (χ1v) is 7.23. The van der Waals surface area contributed by atoms with Gasteiger partial charge in [-0.25, -0.2) is 0 Å². The molecule has 1 saturated heterocycles. The van der Waals surface area contributed by atoms with Crippen molar-refractivity contribution in [3.63, 3.8) is 0 Å². The SMILES string of the molecule is COCc1ccc(CN2CCC(C)CC2CN)cc1. The van der Waals surface area contributed by atoms with Gasteiger partial charge in [0.1, 0.15) is 0 Å². The molecule has 0 aromatic heterocycles. The van der Waals surface area contributed by atoms with Crippen LogP contribution in [0.25, 0.3) is 0 Å². The number of likely N-dealkylation sites (tertiary alicyclic amines) is 1. The molecule has 1 aromatic carbocycles. The van der Waals surface area contributed by atoms with Gasteiger partial charge in [-0.2, -0.15) is 0 Å². The third-order valence-corrected chi connectivity index (χ3v) is 4.09. The molecule has 1 fully saturated rings. The van der Waals surface area contributed by atoms with Crippen molar-refractivity contribution in [2.75, 3.05) is 20.2 Å². The Morgan fingerprint density at radius 2 is 1.95 bits per heavy atom. The molecule has 1 aliphatic heterocycles. The van der Waals surface area contributed by atoms with Crippen LogP contribution in [0.1, 0.15) is 30.9 Å². The minimum absolute atomic E-state index is 0.544. The highest BCUT2D eigenvalue weighted by Gasteiger charge is 2.24. The summed E-state index contributed by atoms with van der Waals surface area (Å²) in [7, 11) is 1.73. The molecule has 106 valence electrons. The molecule has 0 aliphatic carbocycles. The van der Waals surface area contributed by atoms with Crippen molar-refractivity contribution in [1.29, 1.82) is 0 Å². The second-order valence-corrected chi connectivity index (χ2v) is 5.74. The molecule has 3 nitrogen and oxygen atoms in total. The Labute approximate surface area is 116 Å². The summed E-state index contributed by atoms with van der Waals surface area (Å²) in [6.07, 6.45) is 2.52. The van der Waals surface area contributed by atoms with Gasteiger partial charge >= 0.3 is 0 Å². The van der Waals surface area contributed by atoms with Gasteiger partial charge in [-0.15, -0.1) is 0 Å². The first kappa shape index (κ1) is 14.5. The van der Waals surface area contributed by atoms with Crippen molar-refractivity contribution in [2.45, 2.75) is 39.0 Å². The van der Waals surface area contributed by atoms with E-state index in [1.165, 1.54) is 30.5 Å². The number of rotatable bonds is 5. The van der Waals surface area contributed by atoms with E-state index in [-0.39, 0.29) is 0 Å². The van der Waals surface area contributed by atoms with Crippen molar-refractivity contribution >= 4 is 0 Å². The minimum atomic E-state index is 0.544. The van der Waals surface area contributed by atoms with Crippen LogP contribution in [-0.4, -0.2) is 31.1 Å². The fraction of sp³-hybridized carbons (Fsp3) is 0.625. The van der Waals surface area contributed by atoms with Crippen molar-refractivity contribution < 1.29 is 4.74 Å². The molecular formula is C16H26N2O. The number of nitrogens with two attached hydrogens (primary N) is 1.